The molecule has 5 aromatic rings. The van der Waals surface area contributed by atoms with Crippen LogP contribution >= 0.6 is 23.2 Å². The van der Waals surface area contributed by atoms with E-state index in [2.05, 4.69) is 25.6 Å². The molecule has 4 N–H and O–H groups in total. The Labute approximate surface area is 349 Å². The Balaban J connectivity index is 1.07. The van der Waals surface area contributed by atoms with Gasteiger partial charge in [0.25, 0.3) is 5.91 Å². The zero-order valence-electron chi connectivity index (χ0n) is 32.6. The summed E-state index contributed by atoms with van der Waals surface area (Å²) in [6.07, 6.45) is 1.86. The number of ether oxygens (including phenoxy) is 3. The maximum absolute atomic E-state index is 14.2. The van der Waals surface area contributed by atoms with E-state index in [-0.39, 0.29) is 48.4 Å². The molecule has 0 radical (unpaired) electrons. The molecule has 0 unspecified atom stereocenters. The van der Waals surface area contributed by atoms with E-state index < -0.39 is 17.7 Å². The molecule has 0 saturated carbocycles. The van der Waals surface area contributed by atoms with Crippen molar-refractivity contribution in [3.8, 4) is 45.1 Å². The molecule has 1 saturated heterocycles. The minimum atomic E-state index is -0.966. The topological polar surface area (TPSA) is 184 Å². The average molecular weight is 842 g/mol. The van der Waals surface area contributed by atoms with Crippen LogP contribution in [0.4, 0.5) is 4.79 Å². The first-order valence-corrected chi connectivity index (χ1v) is 20.0. The van der Waals surface area contributed by atoms with Crippen LogP contribution in [0.2, 0.25) is 10.3 Å². The molecular weight excluding hydrogens is 799 g/mol. The second-order valence-electron chi connectivity index (χ2n) is 14.9. The van der Waals surface area contributed by atoms with Gasteiger partial charge in [-0.2, -0.15) is 0 Å². The predicted octanol–water partition coefficient (Wildman–Crippen LogP) is 6.64. The van der Waals surface area contributed by atoms with Crippen molar-refractivity contribution in [3.63, 3.8) is 0 Å². The highest BCUT2D eigenvalue weighted by Crippen LogP contribution is 2.51. The van der Waals surface area contributed by atoms with E-state index in [1.807, 2.05) is 56.3 Å². The van der Waals surface area contributed by atoms with Crippen molar-refractivity contribution in [3.05, 3.63) is 93.2 Å². The number of imidazole rings is 2. The number of alkyl carbamates (subject to hydrolysis) is 1. The Bertz CT molecular complexity index is 2400. The highest BCUT2D eigenvalue weighted by molar-refractivity contribution is 6.32. The van der Waals surface area contributed by atoms with Crippen molar-refractivity contribution in [2.75, 3.05) is 26.7 Å². The Morgan fingerprint density at radius 1 is 0.983 bits per heavy atom. The van der Waals surface area contributed by atoms with Crippen molar-refractivity contribution in [2.24, 2.45) is 0 Å². The van der Waals surface area contributed by atoms with E-state index in [4.69, 9.17) is 42.4 Å². The number of H-pyrrole nitrogens is 2. The summed E-state index contributed by atoms with van der Waals surface area (Å²) in [4.78, 5) is 69.4. The molecule has 8 rings (SSSR count). The lowest BCUT2D eigenvalue weighted by molar-refractivity contribution is -0.138. The number of hydrogen-bond donors (Lipinski definition) is 4. The number of nitrogens with zero attached hydrogens (tertiary/aromatic N) is 4. The molecule has 2 atom stereocenters. The summed E-state index contributed by atoms with van der Waals surface area (Å²) in [5.41, 5.74) is 6.11. The van der Waals surface area contributed by atoms with E-state index >= 15 is 0 Å². The van der Waals surface area contributed by atoms with Crippen LogP contribution in [0.25, 0.3) is 33.6 Å². The highest BCUT2D eigenvalue weighted by Gasteiger charge is 2.46. The normalized spacial score (nSPS) is 16.7. The van der Waals surface area contributed by atoms with Crippen molar-refractivity contribution in [1.82, 2.24) is 40.4 Å². The average Bonchev–Trinajstić information content (AvgIpc) is 3.96. The summed E-state index contributed by atoms with van der Waals surface area (Å²) < 4.78 is 17.7. The predicted molar refractivity (Wildman–Crippen MR) is 219 cm³/mol. The van der Waals surface area contributed by atoms with Gasteiger partial charge in [0.1, 0.15) is 42.4 Å². The molecule has 17 heteroatoms. The molecule has 3 aromatic carbocycles. The fourth-order valence-electron chi connectivity index (χ4n) is 8.24. The number of rotatable bonds is 13. The van der Waals surface area contributed by atoms with Crippen molar-refractivity contribution in [1.29, 1.82) is 0 Å². The van der Waals surface area contributed by atoms with E-state index in [9.17, 15) is 19.2 Å². The number of aromatic amines is 2. The van der Waals surface area contributed by atoms with Crippen molar-refractivity contribution < 1.29 is 33.4 Å². The second-order valence-corrected chi connectivity index (χ2v) is 15.6. The van der Waals surface area contributed by atoms with Crippen LogP contribution in [-0.2, 0) is 44.4 Å². The van der Waals surface area contributed by atoms with Crippen LogP contribution in [0, 0.1) is 0 Å². The van der Waals surface area contributed by atoms with Gasteiger partial charge in [-0.15, -0.1) is 0 Å². The maximum atomic E-state index is 14.2. The molecule has 4 amide bonds. The van der Waals surface area contributed by atoms with Gasteiger partial charge in [-0.25, -0.2) is 14.8 Å². The summed E-state index contributed by atoms with van der Waals surface area (Å²) >= 11 is 13.6. The molecule has 2 aromatic heterocycles. The SMILES string of the molecule is CCCN(Cc1nc(Cl)c(-c2cc3c4c(c2)OCc2cc(-c5[nH]c([C@]6(C)CCCN6C(=O)[C@H](NC(=O)OC)c6ccccc6)nc5Cl)cc(c2-4)OC3)[nH]1)C(=O)CNC=O. The third-order valence-corrected chi connectivity index (χ3v) is 11.6. The molecule has 59 heavy (non-hydrogen) atoms. The first-order chi connectivity index (χ1) is 28.5. The van der Waals surface area contributed by atoms with Crippen molar-refractivity contribution >= 4 is 47.5 Å². The third-order valence-electron chi connectivity index (χ3n) is 11.1. The lowest BCUT2D eigenvalue weighted by atomic mass is 9.87. The fourth-order valence-corrected chi connectivity index (χ4v) is 8.74. The van der Waals surface area contributed by atoms with Gasteiger partial charge in [-0.1, -0.05) is 60.5 Å². The van der Waals surface area contributed by atoms with Gasteiger partial charge in [0.05, 0.1) is 37.1 Å². The lowest BCUT2D eigenvalue weighted by Gasteiger charge is -2.36. The third kappa shape index (κ3) is 7.44. The van der Waals surface area contributed by atoms with E-state index in [1.54, 1.807) is 21.9 Å². The molecule has 306 valence electrons. The number of halogens is 2. The van der Waals surface area contributed by atoms with Crippen LogP contribution in [0.15, 0.2) is 54.6 Å². The summed E-state index contributed by atoms with van der Waals surface area (Å²) in [7, 11) is 1.26. The molecule has 1 fully saturated rings. The van der Waals surface area contributed by atoms with Crippen LogP contribution in [0.1, 0.15) is 67.5 Å². The lowest BCUT2D eigenvalue weighted by Crippen LogP contribution is -2.49. The van der Waals surface area contributed by atoms with E-state index in [0.29, 0.717) is 66.0 Å². The first kappa shape index (κ1) is 39.8. The fraction of sp³-hybridized carbons (Fsp3) is 0.333. The molecule has 3 aliphatic rings. The zero-order chi connectivity index (χ0) is 41.4. The summed E-state index contributed by atoms with van der Waals surface area (Å²) in [6.45, 7) is 5.48. The van der Waals surface area contributed by atoms with Crippen LogP contribution in [0.5, 0.6) is 11.5 Å². The molecule has 0 spiro atoms. The number of carbonyl (C=O) groups excluding carboxylic acids is 4. The number of likely N-dealkylation sites (tertiary alicyclic amines) is 1. The van der Waals surface area contributed by atoms with Gasteiger partial charge in [0, 0.05) is 46.5 Å². The van der Waals surface area contributed by atoms with Gasteiger partial charge < -0.3 is 44.6 Å². The summed E-state index contributed by atoms with van der Waals surface area (Å²) in [5.74, 6) is 1.86. The van der Waals surface area contributed by atoms with Crippen LogP contribution < -0.4 is 20.1 Å². The summed E-state index contributed by atoms with van der Waals surface area (Å²) in [6, 6.07) is 16.0. The van der Waals surface area contributed by atoms with Gasteiger partial charge in [0.2, 0.25) is 12.3 Å². The van der Waals surface area contributed by atoms with Crippen LogP contribution in [-0.4, -0.2) is 80.8 Å². The number of benzene rings is 3. The number of aromatic nitrogens is 4. The van der Waals surface area contributed by atoms with Crippen molar-refractivity contribution in [2.45, 2.75) is 64.4 Å². The summed E-state index contributed by atoms with van der Waals surface area (Å²) in [5, 5.41) is 5.63. The second kappa shape index (κ2) is 16.3. The minimum absolute atomic E-state index is 0.105. The number of amides is 4. The Morgan fingerprint density at radius 3 is 2.25 bits per heavy atom. The standard InChI is InChI=1S/C42H42Cl2N8O7/c1-4-12-51(31(54)18-45-22-53)19-30-46-34(37(43)47-30)24-14-26-20-59-29-17-25(15-27-21-58-28(16-24)32(26)33(27)29)35-38(44)50-40(48-35)42(2)11-8-13-52(42)39(55)36(49-41(56)57-3)23-9-6-5-7-10-23/h5-7,9-10,14-17,22,36H,4,8,11-13,18-21H2,1-3H3,(H,45,53)(H,46,47)(H,48,50)(H,49,56)/t36-,42+/m1/s1. The number of nitrogens with one attached hydrogen (secondary N) is 4. The highest BCUT2D eigenvalue weighted by atomic mass is 35.5. The number of hydrogen-bond acceptors (Lipinski definition) is 9. The number of methoxy groups -OCH3 is 1. The molecular formula is C42H42Cl2N8O7. The monoisotopic (exact) mass is 840 g/mol. The molecule has 0 aliphatic carbocycles. The molecule has 0 bridgehead atoms. The van der Waals surface area contributed by atoms with E-state index in [1.165, 1.54) is 7.11 Å². The Morgan fingerprint density at radius 2 is 1.63 bits per heavy atom. The first-order valence-electron chi connectivity index (χ1n) is 19.3. The zero-order valence-corrected chi connectivity index (χ0v) is 34.1. The molecule has 15 nitrogen and oxygen atoms in total. The minimum Gasteiger partial charge on any atom is -0.488 e. The van der Waals surface area contributed by atoms with Crippen LogP contribution in [0.3, 0.4) is 0 Å². The van der Waals surface area contributed by atoms with Gasteiger partial charge >= 0.3 is 6.09 Å². The molecule has 5 heterocycles. The van der Waals surface area contributed by atoms with E-state index in [0.717, 1.165) is 46.2 Å². The number of carbonyl (C=O) groups is 4. The van der Waals surface area contributed by atoms with Gasteiger partial charge in [0.15, 0.2) is 10.3 Å². The smallest absolute Gasteiger partial charge is 0.407 e. The Kier molecular flexibility index (Phi) is 11.0. The van der Waals surface area contributed by atoms with Gasteiger partial charge in [-0.05, 0) is 56.0 Å². The maximum Gasteiger partial charge on any atom is 0.407 e. The van der Waals surface area contributed by atoms with Gasteiger partial charge in [-0.3, -0.25) is 14.4 Å². The quantitative estimate of drug-likeness (QED) is 0.0944. The Hall–Kier alpha value is -6.06. The molecule has 3 aliphatic heterocycles. The largest absolute Gasteiger partial charge is 0.488 e.